The number of imidazole rings is 1. The van der Waals surface area contributed by atoms with Crippen LogP contribution in [0.15, 0.2) is 48.8 Å². The van der Waals surface area contributed by atoms with Crippen LogP contribution in [0.2, 0.25) is 0 Å². The normalized spacial score (nSPS) is 35.1. The topological polar surface area (TPSA) is 72.7 Å². The van der Waals surface area contributed by atoms with Gasteiger partial charge in [-0.15, -0.1) is 0 Å². The number of hydrogen-bond acceptors (Lipinski definition) is 4. The summed E-state index contributed by atoms with van der Waals surface area (Å²) in [6.45, 7) is 4.63. The fraction of sp³-hybridized carbons (Fsp3) is 0.571. The second-order valence-corrected chi connectivity index (χ2v) is 11.7. The van der Waals surface area contributed by atoms with Crippen LogP contribution in [0.25, 0.3) is 5.70 Å². The van der Waals surface area contributed by atoms with E-state index in [1.54, 1.807) is 10.8 Å². The molecule has 0 bridgehead atoms. The molecule has 2 saturated carbocycles. The molecule has 0 radical (unpaired) electrons. The van der Waals surface area contributed by atoms with Crippen LogP contribution in [-0.2, 0) is 6.18 Å². The zero-order valence-electron chi connectivity index (χ0n) is 21.1. The van der Waals surface area contributed by atoms with Crippen molar-refractivity contribution in [1.29, 1.82) is 0 Å². The molecule has 0 saturated heterocycles. The minimum Gasteiger partial charge on any atom is -0.348 e. The highest BCUT2D eigenvalue weighted by molar-refractivity contribution is 5.92. The number of fused-ring (bicyclic) bond motifs is 5. The Morgan fingerprint density at radius 2 is 1.86 bits per heavy atom. The molecule has 196 valence electrons. The van der Waals surface area contributed by atoms with Crippen molar-refractivity contribution in [3.63, 3.8) is 0 Å². The molecule has 0 spiro atoms. The molecular formula is C28H32F3N5O. The predicted molar refractivity (Wildman–Crippen MR) is 132 cm³/mol. The first-order chi connectivity index (χ1) is 17.6. The van der Waals surface area contributed by atoms with Gasteiger partial charge in [-0.3, -0.25) is 9.78 Å². The third kappa shape index (κ3) is 3.92. The number of nitrogens with one attached hydrogen (secondary N) is 1. The quantitative estimate of drug-likeness (QED) is 0.521. The minimum absolute atomic E-state index is 0.0862. The van der Waals surface area contributed by atoms with Gasteiger partial charge in [0.05, 0.1) is 12.5 Å². The number of rotatable bonds is 3. The lowest BCUT2D eigenvalue weighted by Crippen LogP contribution is -2.51. The smallest absolute Gasteiger partial charge is 0.348 e. The van der Waals surface area contributed by atoms with Gasteiger partial charge in [0.25, 0.3) is 5.91 Å². The van der Waals surface area contributed by atoms with Crippen molar-refractivity contribution < 1.29 is 18.0 Å². The van der Waals surface area contributed by atoms with Gasteiger partial charge >= 0.3 is 6.18 Å². The summed E-state index contributed by atoms with van der Waals surface area (Å²) in [6.07, 6.45) is 13.8. The molecule has 1 amide bonds. The van der Waals surface area contributed by atoms with Crippen LogP contribution in [0.3, 0.4) is 0 Å². The second-order valence-electron chi connectivity index (χ2n) is 11.7. The SMILES string of the molecule is C[C@]12CC[C@H](NC(=O)c3cnccn3)CC1=CCC1C2CC[C@]2(C)C(n3cnc(C(F)(F)F)c3)=CCC12. The molecule has 2 fully saturated rings. The molecule has 4 aliphatic carbocycles. The lowest BCUT2D eigenvalue weighted by molar-refractivity contribution is -0.140. The monoisotopic (exact) mass is 511 g/mol. The van der Waals surface area contributed by atoms with E-state index in [4.69, 9.17) is 0 Å². The Balaban J connectivity index is 1.19. The molecule has 9 heteroatoms. The maximum absolute atomic E-state index is 13.2. The van der Waals surface area contributed by atoms with E-state index in [2.05, 4.69) is 46.3 Å². The lowest BCUT2D eigenvalue weighted by Gasteiger charge is -2.58. The highest BCUT2D eigenvalue weighted by Crippen LogP contribution is 2.65. The van der Waals surface area contributed by atoms with Gasteiger partial charge in [0.15, 0.2) is 5.69 Å². The van der Waals surface area contributed by atoms with Gasteiger partial charge in [0.2, 0.25) is 0 Å². The molecule has 37 heavy (non-hydrogen) atoms. The van der Waals surface area contributed by atoms with Crippen molar-refractivity contribution in [3.05, 3.63) is 60.2 Å². The Bertz CT molecular complexity index is 1270. The van der Waals surface area contributed by atoms with E-state index < -0.39 is 11.9 Å². The maximum atomic E-state index is 13.2. The lowest BCUT2D eigenvalue weighted by atomic mass is 9.47. The molecule has 2 aromatic rings. The molecule has 1 N–H and O–H groups in total. The molecule has 2 heterocycles. The van der Waals surface area contributed by atoms with E-state index in [9.17, 15) is 18.0 Å². The van der Waals surface area contributed by atoms with Crippen molar-refractivity contribution in [1.82, 2.24) is 24.8 Å². The molecule has 0 aliphatic heterocycles. The van der Waals surface area contributed by atoms with Crippen molar-refractivity contribution in [2.45, 2.75) is 71.0 Å². The number of amides is 1. The Kier molecular flexibility index (Phi) is 5.62. The van der Waals surface area contributed by atoms with Crippen LogP contribution in [-0.4, -0.2) is 31.5 Å². The van der Waals surface area contributed by atoms with E-state index in [1.165, 1.54) is 24.3 Å². The number of hydrogen-bond donors (Lipinski definition) is 1. The largest absolute Gasteiger partial charge is 0.434 e. The Morgan fingerprint density at radius 3 is 2.59 bits per heavy atom. The first kappa shape index (κ1) is 24.4. The number of carbonyl (C=O) groups excluding carboxylic acids is 1. The van der Waals surface area contributed by atoms with E-state index in [-0.39, 0.29) is 22.8 Å². The molecule has 3 unspecified atom stereocenters. The summed E-state index contributed by atoms with van der Waals surface area (Å²) in [5, 5.41) is 3.16. The molecule has 6 rings (SSSR count). The third-order valence-corrected chi connectivity index (χ3v) is 9.93. The molecule has 4 aliphatic rings. The molecule has 2 aromatic heterocycles. The average molecular weight is 512 g/mol. The second kappa shape index (κ2) is 8.53. The van der Waals surface area contributed by atoms with Crippen LogP contribution < -0.4 is 5.32 Å². The first-order valence-electron chi connectivity index (χ1n) is 13.2. The van der Waals surface area contributed by atoms with E-state index in [0.29, 0.717) is 23.4 Å². The fourth-order valence-electron chi connectivity index (χ4n) is 8.01. The maximum Gasteiger partial charge on any atom is 0.434 e. The van der Waals surface area contributed by atoms with Crippen LogP contribution in [0.1, 0.15) is 75.0 Å². The van der Waals surface area contributed by atoms with Gasteiger partial charge in [-0.05, 0) is 68.1 Å². The number of alkyl halides is 3. The van der Waals surface area contributed by atoms with Gasteiger partial charge in [-0.2, -0.15) is 13.2 Å². The summed E-state index contributed by atoms with van der Waals surface area (Å²) in [6, 6.07) is 0.0862. The summed E-state index contributed by atoms with van der Waals surface area (Å²) >= 11 is 0. The Hall–Kier alpha value is -2.97. The van der Waals surface area contributed by atoms with E-state index in [1.807, 2.05) is 0 Å². The highest BCUT2D eigenvalue weighted by atomic mass is 19.4. The number of aromatic nitrogens is 4. The third-order valence-electron chi connectivity index (χ3n) is 9.93. The summed E-state index contributed by atoms with van der Waals surface area (Å²) < 4.78 is 41.2. The van der Waals surface area contributed by atoms with Crippen LogP contribution >= 0.6 is 0 Å². The minimum atomic E-state index is -4.44. The number of allylic oxidation sites excluding steroid dienone is 3. The molecular weight excluding hydrogens is 479 g/mol. The van der Waals surface area contributed by atoms with Crippen molar-refractivity contribution >= 4 is 11.6 Å². The van der Waals surface area contributed by atoms with Gasteiger partial charge in [0, 0.05) is 35.7 Å². The number of nitrogens with zero attached hydrogens (tertiary/aromatic N) is 4. The van der Waals surface area contributed by atoms with Gasteiger partial charge in [-0.25, -0.2) is 9.97 Å². The average Bonchev–Trinajstić information content (AvgIpc) is 3.49. The van der Waals surface area contributed by atoms with Gasteiger partial charge < -0.3 is 9.88 Å². The predicted octanol–water partition coefficient (Wildman–Crippen LogP) is 5.90. The first-order valence-corrected chi connectivity index (χ1v) is 13.2. The standard InChI is InChI=1S/C28H32F3N5O/c1-26-9-7-18(35-25(37)22-14-32-11-12-33-22)13-17(26)3-4-19-20-5-6-24(27(20,2)10-8-21(19)26)36-15-23(34-16-36)28(29,30)31/h3,6,11-12,14-16,18-21H,4-5,7-10,13H2,1-2H3,(H,35,37)/t18-,19?,20?,21?,26-,27-/m0/s1. The molecule has 6 nitrogen and oxygen atoms in total. The highest BCUT2D eigenvalue weighted by Gasteiger charge is 2.57. The van der Waals surface area contributed by atoms with E-state index >= 15 is 0 Å². The van der Waals surface area contributed by atoms with Crippen molar-refractivity contribution in [2.24, 2.45) is 28.6 Å². The zero-order valence-corrected chi connectivity index (χ0v) is 21.1. The summed E-state index contributed by atoms with van der Waals surface area (Å²) in [4.78, 5) is 24.4. The van der Waals surface area contributed by atoms with Crippen LogP contribution in [0.4, 0.5) is 13.2 Å². The summed E-state index contributed by atoms with van der Waals surface area (Å²) in [5.74, 6) is 1.27. The molecule has 6 atom stereocenters. The van der Waals surface area contributed by atoms with Gasteiger partial charge in [-0.1, -0.05) is 31.6 Å². The summed E-state index contributed by atoms with van der Waals surface area (Å²) in [5.41, 5.74) is 1.85. The fourth-order valence-corrected chi connectivity index (χ4v) is 8.01. The number of carbonyl (C=O) groups is 1. The Labute approximate surface area is 214 Å². The number of halogens is 3. The van der Waals surface area contributed by atoms with E-state index in [0.717, 1.165) is 56.8 Å². The van der Waals surface area contributed by atoms with Crippen LogP contribution in [0, 0.1) is 28.6 Å². The van der Waals surface area contributed by atoms with Crippen molar-refractivity contribution in [3.8, 4) is 0 Å². The van der Waals surface area contributed by atoms with Crippen molar-refractivity contribution in [2.75, 3.05) is 0 Å². The van der Waals surface area contributed by atoms with Crippen LogP contribution in [0.5, 0.6) is 0 Å². The van der Waals surface area contributed by atoms with Gasteiger partial charge in [0.1, 0.15) is 5.69 Å². The zero-order chi connectivity index (χ0) is 26.0. The molecule has 0 aromatic carbocycles. The Morgan fingerprint density at radius 1 is 1.05 bits per heavy atom. The summed E-state index contributed by atoms with van der Waals surface area (Å²) in [7, 11) is 0.